The standard InChI is InChI=1S/C11H14N4O2S.ClH/c16-18(17,15-8-5-6-12-7-8)11-13-9-3-1-2-4-10(9)14-11;/h1-4,8,12,15H,5-7H2,(H,13,14);1H/t8-;/m1./s1. The van der Waals surface area contributed by atoms with Gasteiger partial charge in [-0.1, -0.05) is 12.1 Å². The molecule has 0 aliphatic carbocycles. The van der Waals surface area contributed by atoms with Crippen LogP contribution in [0.3, 0.4) is 0 Å². The number of nitrogens with one attached hydrogen (secondary N) is 3. The van der Waals surface area contributed by atoms with Crippen molar-refractivity contribution in [1.29, 1.82) is 0 Å². The fourth-order valence-electron chi connectivity index (χ4n) is 2.09. The Balaban J connectivity index is 0.00000133. The van der Waals surface area contributed by atoms with E-state index in [2.05, 4.69) is 20.0 Å². The second kappa shape index (κ2) is 5.46. The molecule has 1 fully saturated rings. The maximum atomic E-state index is 12.1. The summed E-state index contributed by atoms with van der Waals surface area (Å²) < 4.78 is 26.9. The van der Waals surface area contributed by atoms with Gasteiger partial charge in [0.15, 0.2) is 0 Å². The maximum absolute atomic E-state index is 12.1. The lowest BCUT2D eigenvalue weighted by atomic mass is 10.3. The molecule has 3 N–H and O–H groups in total. The number of hydrogen-bond donors (Lipinski definition) is 3. The zero-order valence-corrected chi connectivity index (χ0v) is 11.7. The van der Waals surface area contributed by atoms with Gasteiger partial charge < -0.3 is 10.3 Å². The SMILES string of the molecule is Cl.O=S(=O)(N[C@@H]1CCNC1)c1nc2ccccc2[nH]1. The molecule has 0 amide bonds. The summed E-state index contributed by atoms with van der Waals surface area (Å²) >= 11 is 0. The number of H-pyrrole nitrogens is 1. The third-order valence-corrected chi connectivity index (χ3v) is 4.35. The number of sulfonamides is 1. The number of para-hydroxylation sites is 2. The molecule has 0 saturated carbocycles. The highest BCUT2D eigenvalue weighted by molar-refractivity contribution is 7.89. The first kappa shape index (κ1) is 14.3. The van der Waals surface area contributed by atoms with Crippen molar-refractivity contribution in [1.82, 2.24) is 20.0 Å². The van der Waals surface area contributed by atoms with Gasteiger partial charge in [-0.2, -0.15) is 0 Å². The molecule has 0 bridgehead atoms. The number of fused-ring (bicyclic) bond motifs is 1. The minimum Gasteiger partial charge on any atom is -0.328 e. The summed E-state index contributed by atoms with van der Waals surface area (Å²) in [5.74, 6) is 0. The van der Waals surface area contributed by atoms with Crippen molar-refractivity contribution >= 4 is 33.5 Å². The summed E-state index contributed by atoms with van der Waals surface area (Å²) in [4.78, 5) is 6.93. The zero-order valence-electron chi connectivity index (χ0n) is 10.1. The van der Waals surface area contributed by atoms with Crippen molar-refractivity contribution in [3.8, 4) is 0 Å². The third-order valence-electron chi connectivity index (χ3n) is 3.00. The van der Waals surface area contributed by atoms with Gasteiger partial charge in [0, 0.05) is 12.6 Å². The molecule has 0 spiro atoms. The highest BCUT2D eigenvalue weighted by atomic mass is 35.5. The molecule has 104 valence electrons. The molecule has 8 heteroatoms. The highest BCUT2D eigenvalue weighted by Gasteiger charge is 2.25. The van der Waals surface area contributed by atoms with Crippen molar-refractivity contribution in [3.05, 3.63) is 24.3 Å². The predicted octanol–water partition coefficient (Wildman–Crippen LogP) is 0.625. The summed E-state index contributed by atoms with van der Waals surface area (Å²) in [7, 11) is -3.56. The normalized spacial score (nSPS) is 19.5. The van der Waals surface area contributed by atoms with E-state index in [0.717, 1.165) is 18.5 Å². The van der Waals surface area contributed by atoms with Gasteiger partial charge in [0.1, 0.15) is 0 Å². The second-order valence-electron chi connectivity index (χ2n) is 4.37. The van der Waals surface area contributed by atoms with Crippen LogP contribution in [0.15, 0.2) is 29.4 Å². The van der Waals surface area contributed by atoms with E-state index >= 15 is 0 Å². The number of nitrogens with zero attached hydrogens (tertiary/aromatic N) is 1. The van der Waals surface area contributed by atoms with Gasteiger partial charge in [-0.15, -0.1) is 12.4 Å². The van der Waals surface area contributed by atoms with E-state index in [9.17, 15) is 8.42 Å². The van der Waals surface area contributed by atoms with Gasteiger partial charge in [-0.05, 0) is 25.1 Å². The van der Waals surface area contributed by atoms with Gasteiger partial charge in [-0.25, -0.2) is 18.1 Å². The number of hydrogen-bond acceptors (Lipinski definition) is 4. The minimum atomic E-state index is -3.56. The Bertz CT molecular complexity index is 631. The third kappa shape index (κ3) is 2.89. The minimum absolute atomic E-state index is 0. The van der Waals surface area contributed by atoms with E-state index in [1.165, 1.54) is 0 Å². The molecule has 6 nitrogen and oxygen atoms in total. The van der Waals surface area contributed by atoms with E-state index in [1.54, 1.807) is 12.1 Å². The van der Waals surface area contributed by atoms with E-state index in [4.69, 9.17) is 0 Å². The van der Waals surface area contributed by atoms with Gasteiger partial charge in [0.25, 0.3) is 10.0 Å². The Hall–Kier alpha value is -1.15. The average Bonchev–Trinajstić information content (AvgIpc) is 2.96. The number of halogens is 1. The summed E-state index contributed by atoms with van der Waals surface area (Å²) in [6.45, 7) is 1.51. The molecule has 2 aromatic rings. The molecule has 1 saturated heterocycles. The van der Waals surface area contributed by atoms with Crippen LogP contribution in [-0.4, -0.2) is 37.5 Å². The first-order valence-corrected chi connectivity index (χ1v) is 7.31. The number of aromatic amines is 1. The van der Waals surface area contributed by atoms with Gasteiger partial charge in [-0.3, -0.25) is 0 Å². The van der Waals surface area contributed by atoms with Crippen molar-refractivity contribution in [2.75, 3.05) is 13.1 Å². The monoisotopic (exact) mass is 302 g/mol. The number of aromatic nitrogens is 2. The molecular formula is C11H15ClN4O2S. The lowest BCUT2D eigenvalue weighted by molar-refractivity contribution is 0.553. The summed E-state index contributed by atoms with van der Waals surface area (Å²) in [5, 5.41) is 3.10. The summed E-state index contributed by atoms with van der Waals surface area (Å²) in [6, 6.07) is 7.20. The van der Waals surface area contributed by atoms with E-state index < -0.39 is 10.0 Å². The number of imidazole rings is 1. The Kier molecular flexibility index (Phi) is 4.10. The molecule has 0 radical (unpaired) electrons. The van der Waals surface area contributed by atoms with Crippen molar-refractivity contribution < 1.29 is 8.42 Å². The van der Waals surface area contributed by atoms with Gasteiger partial charge >= 0.3 is 0 Å². The van der Waals surface area contributed by atoms with Crippen molar-refractivity contribution in [3.63, 3.8) is 0 Å². The first-order valence-electron chi connectivity index (χ1n) is 5.83. The second-order valence-corrected chi connectivity index (χ2v) is 6.00. The Morgan fingerprint density at radius 2 is 2.11 bits per heavy atom. The topological polar surface area (TPSA) is 86.9 Å². The van der Waals surface area contributed by atoms with E-state index in [1.807, 2.05) is 12.1 Å². The number of benzene rings is 1. The van der Waals surface area contributed by atoms with Crippen molar-refractivity contribution in [2.45, 2.75) is 17.6 Å². The lowest BCUT2D eigenvalue weighted by Gasteiger charge is -2.09. The predicted molar refractivity (Wildman–Crippen MR) is 74.9 cm³/mol. The fourth-order valence-corrected chi connectivity index (χ4v) is 3.30. The fraction of sp³-hybridized carbons (Fsp3) is 0.364. The molecule has 1 aliphatic heterocycles. The Labute approximate surface area is 117 Å². The summed E-state index contributed by atoms with van der Waals surface area (Å²) in [6.07, 6.45) is 0.805. The van der Waals surface area contributed by atoms with Crippen LogP contribution in [0.25, 0.3) is 11.0 Å². The molecule has 0 unspecified atom stereocenters. The van der Waals surface area contributed by atoms with Crippen LogP contribution >= 0.6 is 12.4 Å². The van der Waals surface area contributed by atoms with Gasteiger partial charge in [0.2, 0.25) is 5.16 Å². The zero-order chi connectivity index (χ0) is 12.6. The largest absolute Gasteiger partial charge is 0.328 e. The van der Waals surface area contributed by atoms with Crippen LogP contribution in [0, 0.1) is 0 Å². The van der Waals surface area contributed by atoms with E-state index in [-0.39, 0.29) is 23.6 Å². The quantitative estimate of drug-likeness (QED) is 0.776. The smallest absolute Gasteiger partial charge is 0.274 e. The van der Waals surface area contributed by atoms with Crippen LogP contribution in [0.4, 0.5) is 0 Å². The summed E-state index contributed by atoms with van der Waals surface area (Å²) in [5.41, 5.74) is 1.38. The van der Waals surface area contributed by atoms with Gasteiger partial charge in [0.05, 0.1) is 11.0 Å². The van der Waals surface area contributed by atoms with Crippen molar-refractivity contribution in [2.24, 2.45) is 0 Å². The Morgan fingerprint density at radius 1 is 1.32 bits per heavy atom. The molecule has 1 atom stereocenters. The van der Waals surface area contributed by atoms with E-state index in [0.29, 0.717) is 12.1 Å². The molecule has 1 aliphatic rings. The molecule has 1 aromatic carbocycles. The molecular weight excluding hydrogens is 288 g/mol. The lowest BCUT2D eigenvalue weighted by Crippen LogP contribution is -2.36. The molecule has 1 aromatic heterocycles. The van der Waals surface area contributed by atoms with Crippen LogP contribution in [0.2, 0.25) is 0 Å². The van der Waals surface area contributed by atoms with Crippen LogP contribution in [-0.2, 0) is 10.0 Å². The highest BCUT2D eigenvalue weighted by Crippen LogP contribution is 2.14. The molecule has 2 heterocycles. The average molecular weight is 303 g/mol. The Morgan fingerprint density at radius 3 is 2.79 bits per heavy atom. The first-order chi connectivity index (χ1) is 8.65. The molecule has 19 heavy (non-hydrogen) atoms. The van der Waals surface area contributed by atoms with Crippen LogP contribution in [0.5, 0.6) is 0 Å². The van der Waals surface area contributed by atoms with Crippen LogP contribution in [0.1, 0.15) is 6.42 Å². The number of rotatable bonds is 3. The molecule has 3 rings (SSSR count). The maximum Gasteiger partial charge on any atom is 0.274 e. The van der Waals surface area contributed by atoms with Crippen LogP contribution < -0.4 is 10.0 Å².